The smallest absolute Gasteiger partial charge is 0.256 e. The van der Waals surface area contributed by atoms with Crippen LogP contribution in [-0.4, -0.2) is 20.7 Å². The Morgan fingerprint density at radius 2 is 1.73 bits per heavy atom. The molecule has 0 saturated heterocycles. The van der Waals surface area contributed by atoms with Crippen LogP contribution in [0.2, 0.25) is 5.15 Å². The molecule has 0 bridgehead atoms. The summed E-state index contributed by atoms with van der Waals surface area (Å²) in [4.78, 5) is 17.0. The van der Waals surface area contributed by atoms with Crippen LogP contribution in [0.25, 0.3) is 0 Å². The van der Waals surface area contributed by atoms with Gasteiger partial charge in [0.2, 0.25) is 5.88 Å². The number of pyridine rings is 1. The summed E-state index contributed by atoms with van der Waals surface area (Å²) in [6.07, 6.45) is 1.61. The maximum absolute atomic E-state index is 13.0. The molecule has 0 aliphatic heterocycles. The zero-order valence-electron chi connectivity index (χ0n) is 18.2. The van der Waals surface area contributed by atoms with Gasteiger partial charge in [0, 0.05) is 18.8 Å². The number of nitrogens with one attached hydrogen (secondary N) is 1. The summed E-state index contributed by atoms with van der Waals surface area (Å²) in [6.45, 7) is 4.53. The minimum absolute atomic E-state index is 0.265. The van der Waals surface area contributed by atoms with Crippen LogP contribution in [0.3, 0.4) is 0 Å². The van der Waals surface area contributed by atoms with Gasteiger partial charge in [0.1, 0.15) is 16.7 Å². The fourth-order valence-electron chi connectivity index (χ4n) is 3.25. The second-order valence-corrected chi connectivity index (χ2v) is 8.00. The number of aromatic nitrogens is 3. The molecular formula is C25H22ClFN4O2. The fourth-order valence-corrected chi connectivity index (χ4v) is 3.57. The molecular weight excluding hydrogens is 443 g/mol. The topological polar surface area (TPSA) is 69.0 Å². The molecule has 4 aromatic rings. The van der Waals surface area contributed by atoms with Crippen LogP contribution in [0.4, 0.5) is 4.39 Å². The molecule has 0 fully saturated rings. The van der Waals surface area contributed by atoms with E-state index in [4.69, 9.17) is 16.3 Å². The molecule has 8 heteroatoms. The summed E-state index contributed by atoms with van der Waals surface area (Å²) in [5, 5.41) is 7.59. The van der Waals surface area contributed by atoms with E-state index in [9.17, 15) is 9.18 Å². The third kappa shape index (κ3) is 5.56. The Labute approximate surface area is 196 Å². The minimum atomic E-state index is -0.336. The van der Waals surface area contributed by atoms with Crippen molar-refractivity contribution in [3.05, 3.63) is 106 Å². The van der Waals surface area contributed by atoms with E-state index < -0.39 is 0 Å². The van der Waals surface area contributed by atoms with Crippen molar-refractivity contribution < 1.29 is 13.9 Å². The van der Waals surface area contributed by atoms with Crippen molar-refractivity contribution in [3.8, 4) is 11.6 Å². The molecule has 0 aliphatic rings. The molecule has 2 aromatic heterocycles. The van der Waals surface area contributed by atoms with E-state index in [0.717, 1.165) is 11.1 Å². The normalized spacial score (nSPS) is 10.8. The SMILES string of the molecule is Cc1ccc(Cn2nc(C)c(C(=O)NCc3ccc(Oc4ccc(F)cc4)nc3)c2Cl)cc1. The molecule has 2 aromatic carbocycles. The Balaban J connectivity index is 1.37. The van der Waals surface area contributed by atoms with Crippen LogP contribution in [-0.2, 0) is 13.1 Å². The van der Waals surface area contributed by atoms with E-state index in [1.807, 2.05) is 31.2 Å². The van der Waals surface area contributed by atoms with Crippen molar-refractivity contribution in [3.63, 3.8) is 0 Å². The molecule has 0 aliphatic carbocycles. The molecule has 33 heavy (non-hydrogen) atoms. The number of aryl methyl sites for hydroxylation is 2. The summed E-state index contributed by atoms with van der Waals surface area (Å²) in [6, 6.07) is 17.2. The Kier molecular flexibility index (Phi) is 6.70. The standard InChI is InChI=1S/C25H22ClFN4O2/c1-16-3-5-18(6-4-16)15-31-24(26)23(17(2)30-31)25(32)29-14-19-7-12-22(28-13-19)33-21-10-8-20(27)9-11-21/h3-13H,14-15H2,1-2H3,(H,29,32). The average Bonchev–Trinajstić information content (AvgIpc) is 3.09. The van der Waals surface area contributed by atoms with Crippen LogP contribution >= 0.6 is 11.6 Å². The number of carbonyl (C=O) groups excluding carboxylic acids is 1. The monoisotopic (exact) mass is 464 g/mol. The van der Waals surface area contributed by atoms with Gasteiger partial charge in [-0.05, 0) is 49.2 Å². The first-order chi connectivity index (χ1) is 15.9. The number of ether oxygens (including phenoxy) is 1. The van der Waals surface area contributed by atoms with Gasteiger partial charge in [0.15, 0.2) is 0 Å². The van der Waals surface area contributed by atoms with Crippen molar-refractivity contribution in [2.24, 2.45) is 0 Å². The van der Waals surface area contributed by atoms with Gasteiger partial charge in [0.25, 0.3) is 5.91 Å². The fraction of sp³-hybridized carbons (Fsp3) is 0.160. The Morgan fingerprint density at radius 3 is 2.39 bits per heavy atom. The maximum atomic E-state index is 13.0. The first-order valence-corrected chi connectivity index (χ1v) is 10.7. The maximum Gasteiger partial charge on any atom is 0.256 e. The summed E-state index contributed by atoms with van der Waals surface area (Å²) in [5.74, 6) is 0.211. The molecule has 1 amide bonds. The predicted octanol–water partition coefficient (Wildman–Crippen LogP) is 5.46. The van der Waals surface area contributed by atoms with Crippen LogP contribution in [0.5, 0.6) is 11.6 Å². The molecule has 2 heterocycles. The molecule has 168 valence electrons. The van der Waals surface area contributed by atoms with E-state index in [-0.39, 0.29) is 18.3 Å². The van der Waals surface area contributed by atoms with Crippen LogP contribution in [0, 0.1) is 19.7 Å². The largest absolute Gasteiger partial charge is 0.439 e. The zero-order valence-corrected chi connectivity index (χ0v) is 18.9. The Hall–Kier alpha value is -3.71. The minimum Gasteiger partial charge on any atom is -0.439 e. The van der Waals surface area contributed by atoms with E-state index in [1.54, 1.807) is 29.9 Å². The lowest BCUT2D eigenvalue weighted by Crippen LogP contribution is -2.23. The molecule has 0 spiro atoms. The summed E-state index contributed by atoms with van der Waals surface area (Å²) >= 11 is 6.48. The second kappa shape index (κ2) is 9.83. The van der Waals surface area contributed by atoms with Gasteiger partial charge >= 0.3 is 0 Å². The molecule has 0 saturated carbocycles. The van der Waals surface area contributed by atoms with Crippen LogP contribution < -0.4 is 10.1 Å². The van der Waals surface area contributed by atoms with Crippen molar-refractivity contribution in [1.29, 1.82) is 0 Å². The summed E-state index contributed by atoms with van der Waals surface area (Å²) in [5.41, 5.74) is 3.92. The molecule has 0 atom stereocenters. The lowest BCUT2D eigenvalue weighted by atomic mass is 10.1. The number of amides is 1. The Morgan fingerprint density at radius 1 is 1.03 bits per heavy atom. The second-order valence-electron chi connectivity index (χ2n) is 7.64. The highest BCUT2D eigenvalue weighted by Crippen LogP contribution is 2.22. The zero-order chi connectivity index (χ0) is 23.4. The van der Waals surface area contributed by atoms with E-state index >= 15 is 0 Å². The van der Waals surface area contributed by atoms with E-state index in [0.29, 0.717) is 34.6 Å². The first kappa shape index (κ1) is 22.5. The third-order valence-corrected chi connectivity index (χ3v) is 5.42. The van der Waals surface area contributed by atoms with Gasteiger partial charge in [-0.15, -0.1) is 0 Å². The number of benzene rings is 2. The van der Waals surface area contributed by atoms with Gasteiger partial charge < -0.3 is 10.1 Å². The van der Waals surface area contributed by atoms with Crippen molar-refractivity contribution in [1.82, 2.24) is 20.1 Å². The quantitative estimate of drug-likeness (QED) is 0.394. The van der Waals surface area contributed by atoms with Gasteiger partial charge in [-0.2, -0.15) is 5.10 Å². The number of carbonyl (C=O) groups is 1. The Bertz CT molecular complexity index is 1250. The van der Waals surface area contributed by atoms with Gasteiger partial charge in [0.05, 0.1) is 17.8 Å². The highest BCUT2D eigenvalue weighted by molar-refractivity contribution is 6.33. The highest BCUT2D eigenvalue weighted by atomic mass is 35.5. The third-order valence-electron chi connectivity index (χ3n) is 5.03. The van der Waals surface area contributed by atoms with Gasteiger partial charge in [-0.25, -0.2) is 14.1 Å². The van der Waals surface area contributed by atoms with Crippen molar-refractivity contribution in [2.45, 2.75) is 26.9 Å². The van der Waals surface area contributed by atoms with Crippen molar-refractivity contribution in [2.75, 3.05) is 0 Å². The highest BCUT2D eigenvalue weighted by Gasteiger charge is 2.20. The molecule has 0 radical (unpaired) electrons. The molecule has 1 N–H and O–H groups in total. The number of rotatable bonds is 7. The van der Waals surface area contributed by atoms with Crippen LogP contribution in [0.15, 0.2) is 66.9 Å². The molecule has 0 unspecified atom stereocenters. The van der Waals surface area contributed by atoms with Crippen molar-refractivity contribution >= 4 is 17.5 Å². The number of halogens is 2. The lowest BCUT2D eigenvalue weighted by molar-refractivity contribution is 0.0950. The molecule has 6 nitrogen and oxygen atoms in total. The van der Waals surface area contributed by atoms with Crippen LogP contribution in [0.1, 0.15) is 32.7 Å². The van der Waals surface area contributed by atoms with E-state index in [1.165, 1.54) is 29.8 Å². The summed E-state index contributed by atoms with van der Waals surface area (Å²) < 4.78 is 20.2. The average molecular weight is 465 g/mol. The molecule has 4 rings (SSSR count). The number of hydrogen-bond acceptors (Lipinski definition) is 4. The lowest BCUT2D eigenvalue weighted by Gasteiger charge is -2.08. The van der Waals surface area contributed by atoms with Gasteiger partial charge in [-0.3, -0.25) is 4.79 Å². The predicted molar refractivity (Wildman–Crippen MR) is 124 cm³/mol. The first-order valence-electron chi connectivity index (χ1n) is 10.3. The van der Waals surface area contributed by atoms with Gasteiger partial charge in [-0.1, -0.05) is 47.5 Å². The number of hydrogen-bond donors (Lipinski definition) is 1. The summed E-state index contributed by atoms with van der Waals surface area (Å²) in [7, 11) is 0. The van der Waals surface area contributed by atoms with E-state index in [2.05, 4.69) is 15.4 Å². The number of nitrogens with zero attached hydrogens (tertiary/aromatic N) is 3.